The first-order valence-electron chi connectivity index (χ1n) is 8.56. The van der Waals surface area contributed by atoms with Gasteiger partial charge in [0.15, 0.2) is 5.96 Å². The molecule has 1 saturated carbocycles. The summed E-state index contributed by atoms with van der Waals surface area (Å²) in [7, 11) is 0. The van der Waals surface area contributed by atoms with Gasteiger partial charge in [-0.15, -0.1) is 24.0 Å². The van der Waals surface area contributed by atoms with Gasteiger partial charge in [0.2, 0.25) is 0 Å². The van der Waals surface area contributed by atoms with Crippen LogP contribution in [0.2, 0.25) is 0 Å². The third-order valence-corrected chi connectivity index (χ3v) is 4.82. The molecule has 0 bridgehead atoms. The van der Waals surface area contributed by atoms with Gasteiger partial charge in [0.25, 0.3) is 0 Å². The Morgan fingerprint density at radius 2 is 1.76 bits per heavy atom. The van der Waals surface area contributed by atoms with Crippen LogP contribution in [0.1, 0.15) is 64.7 Å². The minimum absolute atomic E-state index is 0. The lowest BCUT2D eigenvalue weighted by atomic mass is 10.0. The summed E-state index contributed by atoms with van der Waals surface area (Å²) in [5.41, 5.74) is 6.03. The molecule has 21 heavy (non-hydrogen) atoms. The Kier molecular flexibility index (Phi) is 9.64. The number of nitrogens with two attached hydrogens (primary N) is 1. The van der Waals surface area contributed by atoms with E-state index in [2.05, 4.69) is 22.1 Å². The van der Waals surface area contributed by atoms with Crippen LogP contribution in [0.4, 0.5) is 0 Å². The Hall–Kier alpha value is -0.0400. The second-order valence-electron chi connectivity index (χ2n) is 6.48. The van der Waals surface area contributed by atoms with Gasteiger partial charge in [0.05, 0.1) is 6.54 Å². The Morgan fingerprint density at radius 3 is 2.43 bits per heavy atom. The van der Waals surface area contributed by atoms with Crippen LogP contribution in [-0.4, -0.2) is 42.6 Å². The van der Waals surface area contributed by atoms with E-state index in [0.29, 0.717) is 12.0 Å². The lowest BCUT2D eigenvalue weighted by molar-refractivity contribution is 0.166. The number of likely N-dealkylation sites (tertiary alicyclic amines) is 1. The number of halogens is 1. The van der Waals surface area contributed by atoms with Gasteiger partial charge in [0.1, 0.15) is 0 Å². The van der Waals surface area contributed by atoms with E-state index in [-0.39, 0.29) is 24.0 Å². The molecule has 3 N–H and O–H groups in total. The van der Waals surface area contributed by atoms with Crippen molar-refractivity contribution in [3.63, 3.8) is 0 Å². The predicted octanol–water partition coefficient (Wildman–Crippen LogP) is 3.11. The molecule has 1 saturated heterocycles. The molecule has 0 aromatic rings. The highest BCUT2D eigenvalue weighted by molar-refractivity contribution is 14.0. The van der Waals surface area contributed by atoms with Crippen LogP contribution in [-0.2, 0) is 0 Å². The SMILES string of the molecule is CC1CCCCN1CCN=C(N)NC1CCCCCC1.I. The van der Waals surface area contributed by atoms with E-state index >= 15 is 0 Å². The monoisotopic (exact) mass is 408 g/mol. The molecule has 0 radical (unpaired) electrons. The average molecular weight is 408 g/mol. The first-order chi connectivity index (χ1) is 9.75. The molecule has 2 fully saturated rings. The number of rotatable bonds is 4. The first-order valence-corrected chi connectivity index (χ1v) is 8.56. The van der Waals surface area contributed by atoms with Crippen LogP contribution >= 0.6 is 24.0 Å². The molecule has 124 valence electrons. The fraction of sp³-hybridized carbons (Fsp3) is 0.938. The Morgan fingerprint density at radius 1 is 1.10 bits per heavy atom. The van der Waals surface area contributed by atoms with Gasteiger partial charge < -0.3 is 11.1 Å². The molecule has 2 aliphatic rings. The molecule has 0 spiro atoms. The van der Waals surface area contributed by atoms with E-state index in [1.165, 1.54) is 64.3 Å². The van der Waals surface area contributed by atoms with Crippen molar-refractivity contribution in [1.29, 1.82) is 0 Å². The lowest BCUT2D eigenvalue weighted by Gasteiger charge is -2.32. The number of aliphatic imine (C=N–C) groups is 1. The van der Waals surface area contributed by atoms with Crippen LogP contribution in [0.25, 0.3) is 0 Å². The zero-order valence-corrected chi connectivity index (χ0v) is 15.9. The highest BCUT2D eigenvalue weighted by Gasteiger charge is 2.17. The molecule has 1 aliphatic heterocycles. The van der Waals surface area contributed by atoms with E-state index in [1.54, 1.807) is 0 Å². The van der Waals surface area contributed by atoms with Crippen molar-refractivity contribution in [3.05, 3.63) is 0 Å². The summed E-state index contributed by atoms with van der Waals surface area (Å²) in [5.74, 6) is 0.654. The highest BCUT2D eigenvalue weighted by Crippen LogP contribution is 2.17. The molecule has 4 nitrogen and oxygen atoms in total. The summed E-state index contributed by atoms with van der Waals surface area (Å²) < 4.78 is 0. The Labute approximate surface area is 147 Å². The minimum atomic E-state index is 0. The van der Waals surface area contributed by atoms with Crippen molar-refractivity contribution in [2.45, 2.75) is 76.8 Å². The maximum atomic E-state index is 6.03. The minimum Gasteiger partial charge on any atom is -0.370 e. The lowest BCUT2D eigenvalue weighted by Crippen LogP contribution is -2.41. The van der Waals surface area contributed by atoms with Crippen LogP contribution < -0.4 is 11.1 Å². The molecule has 0 amide bonds. The molecular formula is C16H33IN4. The maximum Gasteiger partial charge on any atom is 0.188 e. The van der Waals surface area contributed by atoms with Gasteiger partial charge in [0, 0.05) is 18.6 Å². The van der Waals surface area contributed by atoms with Gasteiger partial charge >= 0.3 is 0 Å². The maximum absolute atomic E-state index is 6.03. The quantitative estimate of drug-likeness (QED) is 0.325. The van der Waals surface area contributed by atoms with Gasteiger partial charge in [-0.2, -0.15) is 0 Å². The van der Waals surface area contributed by atoms with Crippen molar-refractivity contribution in [3.8, 4) is 0 Å². The van der Waals surface area contributed by atoms with Crippen molar-refractivity contribution in [2.75, 3.05) is 19.6 Å². The third kappa shape index (κ3) is 7.17. The molecule has 1 aliphatic carbocycles. The van der Waals surface area contributed by atoms with E-state index in [1.807, 2.05) is 0 Å². The van der Waals surface area contributed by atoms with Crippen molar-refractivity contribution >= 4 is 29.9 Å². The fourth-order valence-electron chi connectivity index (χ4n) is 3.47. The summed E-state index contributed by atoms with van der Waals surface area (Å²) in [6.45, 7) is 5.44. The van der Waals surface area contributed by atoms with E-state index < -0.39 is 0 Å². The van der Waals surface area contributed by atoms with E-state index in [4.69, 9.17) is 5.73 Å². The zero-order chi connectivity index (χ0) is 14.2. The Balaban J connectivity index is 0.00000220. The van der Waals surface area contributed by atoms with Crippen molar-refractivity contribution in [1.82, 2.24) is 10.2 Å². The highest BCUT2D eigenvalue weighted by atomic mass is 127. The second-order valence-corrected chi connectivity index (χ2v) is 6.48. The van der Waals surface area contributed by atoms with Crippen molar-refractivity contribution < 1.29 is 0 Å². The second kappa shape index (κ2) is 10.6. The summed E-state index contributed by atoms with van der Waals surface area (Å²) in [6.07, 6.45) is 12.0. The van der Waals surface area contributed by atoms with Gasteiger partial charge in [-0.05, 0) is 39.2 Å². The normalized spacial score (nSPS) is 26.0. The summed E-state index contributed by atoms with van der Waals surface area (Å²) >= 11 is 0. The summed E-state index contributed by atoms with van der Waals surface area (Å²) in [6, 6.07) is 1.27. The zero-order valence-electron chi connectivity index (χ0n) is 13.5. The number of nitrogens with one attached hydrogen (secondary N) is 1. The summed E-state index contributed by atoms with van der Waals surface area (Å²) in [5, 5.41) is 3.42. The van der Waals surface area contributed by atoms with Crippen LogP contribution in [0.3, 0.4) is 0 Å². The molecule has 1 atom stereocenters. The van der Waals surface area contributed by atoms with Crippen LogP contribution in [0.15, 0.2) is 4.99 Å². The molecule has 0 aromatic heterocycles. The molecule has 1 unspecified atom stereocenters. The predicted molar refractivity (Wildman–Crippen MR) is 101 cm³/mol. The molecule has 1 heterocycles. The molecular weight excluding hydrogens is 375 g/mol. The van der Waals surface area contributed by atoms with Crippen LogP contribution in [0.5, 0.6) is 0 Å². The van der Waals surface area contributed by atoms with E-state index in [9.17, 15) is 0 Å². The van der Waals surface area contributed by atoms with E-state index in [0.717, 1.165) is 19.1 Å². The van der Waals surface area contributed by atoms with Gasteiger partial charge in [-0.3, -0.25) is 9.89 Å². The number of nitrogens with zero attached hydrogens (tertiary/aromatic N) is 2. The van der Waals surface area contributed by atoms with Gasteiger partial charge in [-0.25, -0.2) is 0 Å². The molecule has 0 aromatic carbocycles. The standard InChI is InChI=1S/C16H32N4.HI/c1-14-8-6-7-12-20(14)13-11-18-16(17)19-15-9-4-2-3-5-10-15;/h14-15H,2-13H2,1H3,(H3,17,18,19);1H. The first kappa shape index (κ1) is 19.0. The number of piperidine rings is 1. The molecule has 2 rings (SSSR count). The third-order valence-electron chi connectivity index (χ3n) is 4.82. The molecule has 5 heteroatoms. The summed E-state index contributed by atoms with van der Waals surface area (Å²) in [4.78, 5) is 7.07. The van der Waals surface area contributed by atoms with Crippen molar-refractivity contribution in [2.24, 2.45) is 10.7 Å². The van der Waals surface area contributed by atoms with Gasteiger partial charge in [-0.1, -0.05) is 32.1 Å². The Bertz CT molecular complexity index is 301. The topological polar surface area (TPSA) is 53.6 Å². The van der Waals surface area contributed by atoms with Crippen LogP contribution in [0, 0.1) is 0 Å². The number of hydrogen-bond donors (Lipinski definition) is 2. The fourth-order valence-corrected chi connectivity index (χ4v) is 3.47. The number of hydrogen-bond acceptors (Lipinski definition) is 2. The number of guanidine groups is 1. The largest absolute Gasteiger partial charge is 0.370 e. The average Bonchev–Trinajstić information content (AvgIpc) is 2.69. The smallest absolute Gasteiger partial charge is 0.188 e.